The van der Waals surface area contributed by atoms with Gasteiger partial charge in [0.25, 0.3) is 5.91 Å². The maximum Gasteiger partial charge on any atom is 0.258 e. The van der Waals surface area contributed by atoms with Gasteiger partial charge in [0.2, 0.25) is 5.91 Å². The number of hydrogen-bond donors (Lipinski definition) is 2. The van der Waals surface area contributed by atoms with Gasteiger partial charge in [-0.15, -0.1) is 0 Å². The van der Waals surface area contributed by atoms with Crippen molar-refractivity contribution in [1.82, 2.24) is 4.98 Å². The highest BCUT2D eigenvalue weighted by atomic mass is 35.5. The Morgan fingerprint density at radius 1 is 1.07 bits per heavy atom. The molecule has 4 rings (SSSR count). The van der Waals surface area contributed by atoms with Crippen molar-refractivity contribution in [1.29, 1.82) is 0 Å². The number of nitrogens with zero attached hydrogens (tertiary/aromatic N) is 2. The van der Waals surface area contributed by atoms with Gasteiger partial charge < -0.3 is 20.3 Å². The van der Waals surface area contributed by atoms with Crippen LogP contribution in [0.2, 0.25) is 10.0 Å². The lowest BCUT2D eigenvalue weighted by molar-refractivity contribution is -0.117. The molecule has 1 aliphatic carbocycles. The summed E-state index contributed by atoms with van der Waals surface area (Å²) in [6.07, 6.45) is 3.32. The summed E-state index contributed by atoms with van der Waals surface area (Å²) in [5, 5.41) is 6.06. The van der Waals surface area contributed by atoms with E-state index in [4.69, 9.17) is 27.9 Å². The highest BCUT2D eigenvalue weighted by Crippen LogP contribution is 2.32. The van der Waals surface area contributed by atoms with Gasteiger partial charge >= 0.3 is 0 Å². The highest BCUT2D eigenvalue weighted by molar-refractivity contribution is 6.40. The number of benzene rings is 1. The molecule has 1 aromatic carbocycles. The minimum Gasteiger partial charge on any atom is -0.378 e. The van der Waals surface area contributed by atoms with Crippen molar-refractivity contribution in [3.63, 3.8) is 0 Å². The Balaban J connectivity index is 1.48. The molecule has 2 fully saturated rings. The van der Waals surface area contributed by atoms with Crippen molar-refractivity contribution < 1.29 is 14.3 Å². The third kappa shape index (κ3) is 4.80. The monoisotopic (exact) mass is 434 g/mol. The molecule has 0 atom stereocenters. The SMILES string of the molecule is O=C(Nc1ccnc(NC(=O)C2CC2)c1)c1c(Cl)cc(N2CCOCC2)cc1Cl. The zero-order chi connectivity index (χ0) is 20.4. The number of anilines is 3. The fourth-order valence-corrected chi connectivity index (χ4v) is 3.77. The Hall–Kier alpha value is -2.35. The first-order valence-corrected chi connectivity index (χ1v) is 10.2. The van der Waals surface area contributed by atoms with E-state index in [0.717, 1.165) is 31.6 Å². The van der Waals surface area contributed by atoms with Crippen LogP contribution < -0.4 is 15.5 Å². The third-order valence-electron chi connectivity index (χ3n) is 4.85. The number of pyridine rings is 1. The minimum atomic E-state index is -0.431. The van der Waals surface area contributed by atoms with Gasteiger partial charge in [-0.25, -0.2) is 4.98 Å². The standard InChI is InChI=1S/C20H20Cl2N4O3/c21-15-10-14(26-5-7-29-8-6-26)11-16(22)18(15)20(28)24-13-3-4-23-17(9-13)25-19(27)12-1-2-12/h3-4,9-12H,1-2,5-8H2,(H2,23,24,25,27,28). The van der Waals surface area contributed by atoms with Crippen molar-refractivity contribution in [2.45, 2.75) is 12.8 Å². The molecule has 2 aliphatic rings. The first-order valence-electron chi connectivity index (χ1n) is 9.41. The quantitative estimate of drug-likeness (QED) is 0.746. The third-order valence-corrected chi connectivity index (χ3v) is 5.44. The molecule has 7 nitrogen and oxygen atoms in total. The van der Waals surface area contributed by atoms with Crippen LogP contribution in [-0.2, 0) is 9.53 Å². The predicted octanol–water partition coefficient (Wildman–Crippen LogP) is 3.83. The molecule has 2 N–H and O–H groups in total. The van der Waals surface area contributed by atoms with E-state index >= 15 is 0 Å². The van der Waals surface area contributed by atoms with Crippen LogP contribution in [0, 0.1) is 5.92 Å². The van der Waals surface area contributed by atoms with Crippen LogP contribution >= 0.6 is 23.2 Å². The van der Waals surface area contributed by atoms with Crippen LogP contribution in [0.4, 0.5) is 17.2 Å². The van der Waals surface area contributed by atoms with E-state index in [9.17, 15) is 9.59 Å². The fourth-order valence-electron chi connectivity index (χ4n) is 3.12. The zero-order valence-electron chi connectivity index (χ0n) is 15.6. The second kappa shape index (κ2) is 8.57. The number of morpholine rings is 1. The first-order chi connectivity index (χ1) is 14.0. The van der Waals surface area contributed by atoms with E-state index in [0.29, 0.717) is 24.7 Å². The molecular weight excluding hydrogens is 415 g/mol. The molecule has 2 amide bonds. The van der Waals surface area contributed by atoms with Gasteiger partial charge in [-0.3, -0.25) is 9.59 Å². The van der Waals surface area contributed by atoms with E-state index < -0.39 is 5.91 Å². The van der Waals surface area contributed by atoms with Gasteiger partial charge in [-0.2, -0.15) is 0 Å². The molecule has 0 spiro atoms. The van der Waals surface area contributed by atoms with Crippen LogP contribution in [0.1, 0.15) is 23.2 Å². The first kappa shape index (κ1) is 19.9. The van der Waals surface area contributed by atoms with Crippen LogP contribution in [-0.4, -0.2) is 43.1 Å². The molecule has 2 aromatic rings. The molecule has 0 radical (unpaired) electrons. The van der Waals surface area contributed by atoms with E-state index in [1.165, 1.54) is 6.20 Å². The average Bonchev–Trinajstić information content (AvgIpc) is 3.54. The molecule has 1 aliphatic heterocycles. The van der Waals surface area contributed by atoms with E-state index in [-0.39, 0.29) is 27.4 Å². The van der Waals surface area contributed by atoms with E-state index in [1.807, 2.05) is 0 Å². The molecule has 0 unspecified atom stereocenters. The summed E-state index contributed by atoms with van der Waals surface area (Å²) in [7, 11) is 0. The van der Waals surface area contributed by atoms with Gasteiger partial charge in [0, 0.05) is 42.6 Å². The molecule has 152 valence electrons. The number of carbonyl (C=O) groups is 2. The van der Waals surface area contributed by atoms with Crippen molar-refractivity contribution in [2.75, 3.05) is 41.8 Å². The van der Waals surface area contributed by atoms with Gasteiger partial charge in [0.1, 0.15) is 5.82 Å². The summed E-state index contributed by atoms with van der Waals surface area (Å²) in [5.41, 5.74) is 1.54. The molecule has 1 saturated heterocycles. The number of aromatic nitrogens is 1. The van der Waals surface area contributed by atoms with Gasteiger partial charge in [0.15, 0.2) is 0 Å². The number of ether oxygens (including phenoxy) is 1. The van der Waals surface area contributed by atoms with Crippen LogP contribution in [0.15, 0.2) is 30.5 Å². The Bertz CT molecular complexity index is 920. The van der Waals surface area contributed by atoms with E-state index in [1.54, 1.807) is 24.3 Å². The molecule has 9 heteroatoms. The maximum absolute atomic E-state index is 12.8. The van der Waals surface area contributed by atoms with Crippen molar-refractivity contribution in [3.8, 4) is 0 Å². The Morgan fingerprint density at radius 3 is 2.41 bits per heavy atom. The van der Waals surface area contributed by atoms with Crippen molar-refractivity contribution in [2.24, 2.45) is 5.92 Å². The topological polar surface area (TPSA) is 83.6 Å². The Kier molecular flexibility index (Phi) is 5.89. The molecule has 29 heavy (non-hydrogen) atoms. The largest absolute Gasteiger partial charge is 0.378 e. The summed E-state index contributed by atoms with van der Waals surface area (Å²) < 4.78 is 5.36. The Morgan fingerprint density at radius 2 is 1.76 bits per heavy atom. The zero-order valence-corrected chi connectivity index (χ0v) is 17.1. The number of nitrogens with one attached hydrogen (secondary N) is 2. The molecule has 0 bridgehead atoms. The van der Waals surface area contributed by atoms with Crippen LogP contribution in [0.25, 0.3) is 0 Å². The van der Waals surface area contributed by atoms with E-state index in [2.05, 4.69) is 20.5 Å². The maximum atomic E-state index is 12.8. The van der Waals surface area contributed by atoms with Crippen LogP contribution in [0.3, 0.4) is 0 Å². The van der Waals surface area contributed by atoms with Crippen molar-refractivity contribution in [3.05, 3.63) is 46.1 Å². The van der Waals surface area contributed by atoms with Crippen molar-refractivity contribution >= 4 is 52.2 Å². The summed E-state index contributed by atoms with van der Waals surface area (Å²) >= 11 is 12.8. The summed E-state index contributed by atoms with van der Waals surface area (Å²) in [5.74, 6) is -0.0258. The molecular formula is C20H20Cl2N4O3. The second-order valence-corrected chi connectivity index (χ2v) is 7.85. The summed E-state index contributed by atoms with van der Waals surface area (Å²) in [6.45, 7) is 2.76. The summed E-state index contributed by atoms with van der Waals surface area (Å²) in [4.78, 5) is 30.9. The lowest BCUT2D eigenvalue weighted by atomic mass is 10.1. The number of carbonyl (C=O) groups excluding carboxylic acids is 2. The normalized spacial score (nSPS) is 16.4. The van der Waals surface area contributed by atoms with Gasteiger partial charge in [-0.1, -0.05) is 23.2 Å². The number of amides is 2. The molecule has 1 aromatic heterocycles. The highest BCUT2D eigenvalue weighted by Gasteiger charge is 2.29. The van der Waals surface area contributed by atoms with Gasteiger partial charge in [-0.05, 0) is 31.0 Å². The van der Waals surface area contributed by atoms with Gasteiger partial charge in [0.05, 0.1) is 28.8 Å². The fraction of sp³-hybridized carbons (Fsp3) is 0.350. The smallest absolute Gasteiger partial charge is 0.258 e. The lowest BCUT2D eigenvalue weighted by Crippen LogP contribution is -2.36. The molecule has 2 heterocycles. The number of hydrogen-bond acceptors (Lipinski definition) is 5. The minimum absolute atomic E-state index is 0.0502. The molecule has 1 saturated carbocycles. The predicted molar refractivity (Wildman–Crippen MR) is 113 cm³/mol. The number of halogens is 2. The number of rotatable bonds is 5. The summed E-state index contributed by atoms with van der Waals surface area (Å²) in [6, 6.07) is 6.71. The van der Waals surface area contributed by atoms with Crippen LogP contribution in [0.5, 0.6) is 0 Å². The second-order valence-electron chi connectivity index (χ2n) is 7.03. The lowest BCUT2D eigenvalue weighted by Gasteiger charge is -2.29. The Labute approximate surface area is 178 Å². The average molecular weight is 435 g/mol.